The molecular weight excluding hydrogens is 422 g/mol. The van der Waals surface area contributed by atoms with Crippen LogP contribution >= 0.6 is 0 Å². The van der Waals surface area contributed by atoms with Crippen molar-refractivity contribution < 1.29 is 4.79 Å². The number of nitrogens with zero attached hydrogens (tertiary/aromatic N) is 3. The number of hydrogen-bond donors (Lipinski definition) is 2. The maximum Gasteiger partial charge on any atom is 0.251 e. The Bertz CT molecular complexity index is 1130. The number of carbonyl (C=O) groups excluding carboxylic acids is 1. The fraction of sp³-hybridized carbons (Fsp3) is 0.464. The molecule has 0 spiro atoms. The van der Waals surface area contributed by atoms with Crippen molar-refractivity contribution in [2.75, 3.05) is 30.9 Å². The lowest BCUT2D eigenvalue weighted by molar-refractivity contribution is 0.0922. The number of para-hydroxylation sites is 1. The van der Waals surface area contributed by atoms with Gasteiger partial charge in [0.15, 0.2) is 0 Å². The van der Waals surface area contributed by atoms with Gasteiger partial charge in [-0.3, -0.25) is 4.79 Å². The Balaban J connectivity index is 1.29. The van der Waals surface area contributed by atoms with Crippen molar-refractivity contribution in [3.8, 4) is 0 Å². The van der Waals surface area contributed by atoms with Crippen LogP contribution in [0.2, 0.25) is 0 Å². The Morgan fingerprint density at radius 3 is 2.29 bits per heavy atom. The van der Waals surface area contributed by atoms with E-state index in [1.54, 1.807) is 0 Å². The molecule has 0 bridgehead atoms. The Morgan fingerprint density at radius 2 is 1.65 bits per heavy atom. The summed E-state index contributed by atoms with van der Waals surface area (Å²) in [6.07, 6.45) is 4.16. The Hall–Kier alpha value is -3.15. The highest BCUT2D eigenvalue weighted by atomic mass is 16.1. The average Bonchev–Trinajstić information content (AvgIpc) is 2.82. The van der Waals surface area contributed by atoms with Gasteiger partial charge in [0, 0.05) is 37.6 Å². The van der Waals surface area contributed by atoms with Crippen LogP contribution in [0.15, 0.2) is 48.5 Å². The van der Waals surface area contributed by atoms with Gasteiger partial charge in [-0.2, -0.15) is 4.98 Å². The summed E-state index contributed by atoms with van der Waals surface area (Å²) in [4.78, 5) is 24.2. The van der Waals surface area contributed by atoms with E-state index < -0.39 is 0 Å². The molecule has 1 saturated carbocycles. The number of aromatic nitrogens is 2. The van der Waals surface area contributed by atoms with Crippen molar-refractivity contribution >= 4 is 28.6 Å². The fourth-order valence-corrected chi connectivity index (χ4v) is 4.62. The van der Waals surface area contributed by atoms with E-state index in [4.69, 9.17) is 9.97 Å². The molecule has 0 unspecified atom stereocenters. The van der Waals surface area contributed by atoms with Gasteiger partial charge < -0.3 is 15.5 Å². The number of benzene rings is 2. The minimum absolute atomic E-state index is 0.0304. The first-order valence-corrected chi connectivity index (χ1v) is 12.3. The third-order valence-electron chi connectivity index (χ3n) is 6.75. The van der Waals surface area contributed by atoms with Crippen molar-refractivity contribution in [2.24, 2.45) is 5.92 Å². The second-order valence-corrected chi connectivity index (χ2v) is 10.7. The average molecular weight is 460 g/mol. The molecule has 0 aliphatic heterocycles. The minimum Gasteiger partial charge on any atom is -0.362 e. The first-order chi connectivity index (χ1) is 16.2. The van der Waals surface area contributed by atoms with Gasteiger partial charge in [-0.25, -0.2) is 4.98 Å². The summed E-state index contributed by atoms with van der Waals surface area (Å²) >= 11 is 0. The number of rotatable bonds is 6. The lowest BCUT2D eigenvalue weighted by atomic mass is 9.85. The Morgan fingerprint density at radius 1 is 0.971 bits per heavy atom. The molecule has 6 heteroatoms. The highest BCUT2D eigenvalue weighted by Gasteiger charge is 2.23. The quantitative estimate of drug-likeness (QED) is 0.517. The summed E-state index contributed by atoms with van der Waals surface area (Å²) in [5.41, 5.74) is 3.02. The number of carbonyl (C=O) groups is 1. The van der Waals surface area contributed by atoms with E-state index in [2.05, 4.69) is 49.6 Å². The number of nitrogens with one attached hydrogen (secondary N) is 2. The summed E-state index contributed by atoms with van der Waals surface area (Å²) in [7, 11) is 4.01. The smallest absolute Gasteiger partial charge is 0.251 e. The van der Waals surface area contributed by atoms with Crippen LogP contribution in [0.3, 0.4) is 0 Å². The fourth-order valence-electron chi connectivity index (χ4n) is 4.62. The standard InChI is InChI=1S/C28H37N5O/c1-28(2,3)21-14-12-20(13-15-21)26(34)30-22-16-10-19(11-17-22)18-29-27-31-24-9-7-6-8-23(24)25(32-27)33(4)5/h6-9,12-15,19,22H,10-11,16-18H2,1-5H3,(H,30,34)(H,29,31,32). The summed E-state index contributed by atoms with van der Waals surface area (Å²) in [5.74, 6) is 2.19. The molecule has 1 fully saturated rings. The van der Waals surface area contributed by atoms with Crippen LogP contribution in [0.4, 0.5) is 11.8 Å². The number of anilines is 2. The molecule has 0 radical (unpaired) electrons. The van der Waals surface area contributed by atoms with Gasteiger partial charge in [-0.05, 0) is 66.8 Å². The van der Waals surface area contributed by atoms with Crippen LogP contribution in [0.1, 0.15) is 62.4 Å². The van der Waals surface area contributed by atoms with Gasteiger partial charge in [0.2, 0.25) is 5.95 Å². The molecule has 3 aromatic rings. The van der Waals surface area contributed by atoms with E-state index in [0.29, 0.717) is 11.9 Å². The first kappa shape index (κ1) is 24.0. The number of amides is 1. The third-order valence-corrected chi connectivity index (χ3v) is 6.75. The highest BCUT2D eigenvalue weighted by molar-refractivity contribution is 5.94. The van der Waals surface area contributed by atoms with Crippen molar-refractivity contribution in [1.29, 1.82) is 0 Å². The number of fused-ring (bicyclic) bond motifs is 1. The molecule has 2 aromatic carbocycles. The number of hydrogen-bond acceptors (Lipinski definition) is 5. The van der Waals surface area contributed by atoms with Crippen molar-refractivity contribution in [3.05, 3.63) is 59.7 Å². The summed E-state index contributed by atoms with van der Waals surface area (Å²) in [6, 6.07) is 16.4. The topological polar surface area (TPSA) is 70.2 Å². The second-order valence-electron chi connectivity index (χ2n) is 10.7. The van der Waals surface area contributed by atoms with Gasteiger partial charge in [-0.15, -0.1) is 0 Å². The maximum absolute atomic E-state index is 12.7. The summed E-state index contributed by atoms with van der Waals surface area (Å²) < 4.78 is 0. The summed E-state index contributed by atoms with van der Waals surface area (Å²) in [6.45, 7) is 7.40. The van der Waals surface area contributed by atoms with Crippen LogP contribution in [0, 0.1) is 5.92 Å². The SMILES string of the molecule is CN(C)c1nc(NCC2CCC(NC(=O)c3ccc(C(C)(C)C)cc3)CC2)nc2ccccc12. The molecular formula is C28H37N5O. The van der Waals surface area contributed by atoms with Gasteiger partial charge in [0.25, 0.3) is 5.91 Å². The molecule has 1 aliphatic rings. The largest absolute Gasteiger partial charge is 0.362 e. The Kier molecular flexibility index (Phi) is 7.05. The van der Waals surface area contributed by atoms with Gasteiger partial charge in [0.1, 0.15) is 5.82 Å². The normalized spacial score (nSPS) is 18.5. The zero-order chi connectivity index (χ0) is 24.3. The zero-order valence-corrected chi connectivity index (χ0v) is 21.1. The molecule has 180 valence electrons. The van der Waals surface area contributed by atoms with E-state index in [1.165, 1.54) is 5.56 Å². The van der Waals surface area contributed by atoms with Crippen LogP contribution in [-0.4, -0.2) is 42.6 Å². The first-order valence-electron chi connectivity index (χ1n) is 12.3. The summed E-state index contributed by atoms with van der Waals surface area (Å²) in [5, 5.41) is 7.76. The molecule has 2 N–H and O–H groups in total. The molecule has 0 saturated heterocycles. The molecule has 6 nitrogen and oxygen atoms in total. The molecule has 1 amide bonds. The van der Waals surface area contributed by atoms with E-state index >= 15 is 0 Å². The maximum atomic E-state index is 12.7. The van der Waals surface area contributed by atoms with Gasteiger partial charge >= 0.3 is 0 Å². The van der Waals surface area contributed by atoms with Crippen LogP contribution in [0.5, 0.6) is 0 Å². The second kappa shape index (κ2) is 10.00. The molecule has 1 heterocycles. The lowest BCUT2D eigenvalue weighted by Gasteiger charge is -2.29. The van der Waals surface area contributed by atoms with Gasteiger partial charge in [0.05, 0.1) is 5.52 Å². The third kappa shape index (κ3) is 5.66. The van der Waals surface area contributed by atoms with E-state index in [-0.39, 0.29) is 17.4 Å². The van der Waals surface area contributed by atoms with Crippen molar-refractivity contribution in [3.63, 3.8) is 0 Å². The van der Waals surface area contributed by atoms with Crippen LogP contribution in [-0.2, 0) is 5.41 Å². The predicted octanol–water partition coefficient (Wildman–Crippen LogP) is 5.39. The molecule has 4 rings (SSSR count). The van der Waals surface area contributed by atoms with Crippen LogP contribution < -0.4 is 15.5 Å². The molecule has 34 heavy (non-hydrogen) atoms. The highest BCUT2D eigenvalue weighted by Crippen LogP contribution is 2.27. The molecule has 1 aromatic heterocycles. The predicted molar refractivity (Wildman–Crippen MR) is 141 cm³/mol. The van der Waals surface area contributed by atoms with Crippen molar-refractivity contribution in [2.45, 2.75) is 57.9 Å². The van der Waals surface area contributed by atoms with Crippen molar-refractivity contribution in [1.82, 2.24) is 15.3 Å². The lowest BCUT2D eigenvalue weighted by Crippen LogP contribution is -2.38. The molecule has 0 atom stereocenters. The van der Waals surface area contributed by atoms with E-state index in [0.717, 1.165) is 54.5 Å². The van der Waals surface area contributed by atoms with Gasteiger partial charge in [-0.1, -0.05) is 45.0 Å². The molecule has 1 aliphatic carbocycles. The zero-order valence-electron chi connectivity index (χ0n) is 21.1. The minimum atomic E-state index is 0.0304. The Labute approximate surface area is 203 Å². The van der Waals surface area contributed by atoms with E-state index in [1.807, 2.05) is 49.3 Å². The monoisotopic (exact) mass is 459 g/mol. The van der Waals surface area contributed by atoms with Crippen LogP contribution in [0.25, 0.3) is 10.9 Å². The van der Waals surface area contributed by atoms with E-state index in [9.17, 15) is 4.79 Å².